The number of carbonyl (C=O) groups excluding carboxylic acids is 1. The summed E-state index contributed by atoms with van der Waals surface area (Å²) in [5.74, 6) is -1.39. The van der Waals surface area contributed by atoms with E-state index in [2.05, 4.69) is 10.3 Å². The van der Waals surface area contributed by atoms with Gasteiger partial charge in [-0.3, -0.25) is 24.3 Å². The first-order valence-electron chi connectivity index (χ1n) is 9.23. The Labute approximate surface area is 178 Å². The molecule has 0 unspecified atom stereocenters. The van der Waals surface area contributed by atoms with Crippen LogP contribution in [0, 0.1) is 15.9 Å². The zero-order chi connectivity index (χ0) is 21.4. The summed E-state index contributed by atoms with van der Waals surface area (Å²) < 4.78 is 14.7. The van der Waals surface area contributed by atoms with Gasteiger partial charge >= 0.3 is 0 Å². The molecule has 1 aliphatic rings. The Kier molecular flexibility index (Phi) is 5.56. The Morgan fingerprint density at radius 2 is 2.17 bits per heavy atom. The van der Waals surface area contributed by atoms with Crippen molar-refractivity contribution in [2.24, 2.45) is 7.05 Å². The first-order chi connectivity index (χ1) is 14.3. The third kappa shape index (κ3) is 3.82. The molecular weight excluding hydrogens is 431 g/mol. The highest BCUT2D eigenvalue weighted by atomic mass is 32.2. The van der Waals surface area contributed by atoms with Crippen LogP contribution < -0.4 is 10.9 Å². The number of nitro groups is 1. The second-order valence-corrected chi connectivity index (χ2v) is 8.93. The average molecular weight is 449 g/mol. The van der Waals surface area contributed by atoms with Crippen LogP contribution in [0.3, 0.4) is 0 Å². The number of thiophene rings is 1. The SMILES string of the molecule is Cn1c(SCC(=O)Nc2ccc(F)cc2[N+](=O)[O-])nc2sc3c(c2c1=O)CCCC3. The fraction of sp³-hybridized carbons (Fsp3) is 0.316. The highest BCUT2D eigenvalue weighted by molar-refractivity contribution is 7.99. The smallest absolute Gasteiger partial charge is 0.295 e. The van der Waals surface area contributed by atoms with Crippen LogP contribution in [0.15, 0.2) is 28.2 Å². The molecule has 2 aromatic heterocycles. The Morgan fingerprint density at radius 3 is 2.93 bits per heavy atom. The third-order valence-corrected chi connectivity index (χ3v) is 7.13. The lowest BCUT2D eigenvalue weighted by Crippen LogP contribution is -2.22. The van der Waals surface area contributed by atoms with Gasteiger partial charge in [-0.05, 0) is 43.4 Å². The molecular formula is C19H17FN4O4S2. The zero-order valence-electron chi connectivity index (χ0n) is 15.9. The fourth-order valence-corrected chi connectivity index (χ4v) is 5.55. The second kappa shape index (κ2) is 8.15. The van der Waals surface area contributed by atoms with Gasteiger partial charge in [-0.2, -0.15) is 0 Å². The maximum absolute atomic E-state index is 13.2. The monoisotopic (exact) mass is 448 g/mol. The summed E-state index contributed by atoms with van der Waals surface area (Å²) in [6.45, 7) is 0. The lowest BCUT2D eigenvalue weighted by molar-refractivity contribution is -0.384. The van der Waals surface area contributed by atoms with Crippen LogP contribution in [0.25, 0.3) is 10.2 Å². The molecule has 1 aromatic carbocycles. The highest BCUT2D eigenvalue weighted by Gasteiger charge is 2.22. The lowest BCUT2D eigenvalue weighted by atomic mass is 9.97. The number of anilines is 1. The van der Waals surface area contributed by atoms with Crippen molar-refractivity contribution in [1.29, 1.82) is 0 Å². The first kappa shape index (κ1) is 20.5. The van der Waals surface area contributed by atoms with Gasteiger partial charge in [0, 0.05) is 11.9 Å². The van der Waals surface area contributed by atoms with Crippen molar-refractivity contribution in [3.63, 3.8) is 0 Å². The van der Waals surface area contributed by atoms with E-state index in [1.54, 1.807) is 7.05 Å². The number of nitrogens with one attached hydrogen (secondary N) is 1. The van der Waals surface area contributed by atoms with Crippen molar-refractivity contribution in [2.45, 2.75) is 30.8 Å². The molecule has 0 atom stereocenters. The van der Waals surface area contributed by atoms with Gasteiger partial charge in [0.2, 0.25) is 5.91 Å². The maximum atomic E-state index is 13.2. The Hall–Kier alpha value is -2.79. The number of benzene rings is 1. The number of carbonyl (C=O) groups is 1. The van der Waals surface area contributed by atoms with Crippen molar-refractivity contribution in [2.75, 3.05) is 11.1 Å². The van der Waals surface area contributed by atoms with Gasteiger partial charge in [0.25, 0.3) is 11.2 Å². The van der Waals surface area contributed by atoms with Crippen molar-refractivity contribution in [1.82, 2.24) is 9.55 Å². The standard InChI is InChI=1S/C19H17FN4O4S2/c1-23-18(26)16-11-4-2-3-5-14(11)30-17(16)22-19(23)29-9-15(25)21-12-7-6-10(20)8-13(12)24(27)28/h6-8H,2-5,9H2,1H3,(H,21,25). The van der Waals surface area contributed by atoms with E-state index in [0.29, 0.717) is 15.4 Å². The van der Waals surface area contributed by atoms with Gasteiger partial charge in [-0.25, -0.2) is 9.37 Å². The number of nitro benzene ring substituents is 1. The summed E-state index contributed by atoms with van der Waals surface area (Å²) in [6.07, 6.45) is 4.02. The zero-order valence-corrected chi connectivity index (χ0v) is 17.6. The van der Waals surface area contributed by atoms with Crippen molar-refractivity contribution in [3.05, 3.63) is 54.9 Å². The number of hydrogen-bond donors (Lipinski definition) is 1. The van der Waals surface area contributed by atoms with Crippen molar-refractivity contribution < 1.29 is 14.1 Å². The van der Waals surface area contributed by atoms with E-state index in [4.69, 9.17) is 0 Å². The molecule has 0 saturated heterocycles. The summed E-state index contributed by atoms with van der Waals surface area (Å²) in [6, 6.07) is 2.93. The molecule has 8 nitrogen and oxygen atoms in total. The van der Waals surface area contributed by atoms with Crippen LogP contribution in [-0.4, -0.2) is 26.1 Å². The molecule has 0 bridgehead atoms. The molecule has 0 saturated carbocycles. The Morgan fingerprint density at radius 1 is 1.40 bits per heavy atom. The van der Waals surface area contributed by atoms with Crippen LogP contribution >= 0.6 is 23.1 Å². The molecule has 4 rings (SSSR count). The van der Waals surface area contributed by atoms with E-state index in [0.717, 1.165) is 61.2 Å². The topological polar surface area (TPSA) is 107 Å². The minimum absolute atomic E-state index is 0.0877. The number of rotatable bonds is 5. The molecule has 1 aliphatic carbocycles. The molecule has 3 aromatic rings. The lowest BCUT2D eigenvalue weighted by Gasteiger charge is -2.11. The number of fused-ring (bicyclic) bond motifs is 3. The molecule has 0 fully saturated rings. The molecule has 11 heteroatoms. The fourth-order valence-electron chi connectivity index (χ4n) is 3.47. The Bertz CT molecular complexity index is 1240. The van der Waals surface area contributed by atoms with Gasteiger partial charge < -0.3 is 5.32 Å². The third-order valence-electron chi connectivity index (χ3n) is 4.92. The van der Waals surface area contributed by atoms with Crippen LogP contribution in [-0.2, 0) is 24.7 Å². The first-order valence-corrected chi connectivity index (χ1v) is 11.0. The van der Waals surface area contributed by atoms with E-state index < -0.39 is 22.3 Å². The average Bonchev–Trinajstić information content (AvgIpc) is 3.09. The van der Waals surface area contributed by atoms with Gasteiger partial charge in [0.05, 0.1) is 22.1 Å². The number of halogens is 1. The number of aryl methyl sites for hydroxylation is 2. The number of thioether (sulfide) groups is 1. The van der Waals surface area contributed by atoms with Crippen molar-refractivity contribution >= 4 is 50.6 Å². The van der Waals surface area contributed by atoms with Gasteiger partial charge in [0.1, 0.15) is 16.3 Å². The summed E-state index contributed by atoms with van der Waals surface area (Å²) >= 11 is 2.60. The Balaban J connectivity index is 1.54. The number of amides is 1. The molecule has 0 spiro atoms. The molecule has 2 heterocycles. The van der Waals surface area contributed by atoms with E-state index >= 15 is 0 Å². The van der Waals surface area contributed by atoms with Gasteiger partial charge in [0.15, 0.2) is 5.16 Å². The summed E-state index contributed by atoms with van der Waals surface area (Å²) in [5.41, 5.74) is 0.364. The minimum Gasteiger partial charge on any atom is -0.320 e. The second-order valence-electron chi connectivity index (χ2n) is 6.91. The molecule has 1 amide bonds. The molecule has 0 aliphatic heterocycles. The van der Waals surface area contributed by atoms with Gasteiger partial charge in [-0.1, -0.05) is 11.8 Å². The minimum atomic E-state index is -0.764. The highest BCUT2D eigenvalue weighted by Crippen LogP contribution is 2.34. The summed E-state index contributed by atoms with van der Waals surface area (Å²) in [7, 11) is 1.62. The van der Waals surface area contributed by atoms with Crippen LogP contribution in [0.5, 0.6) is 0 Å². The quantitative estimate of drug-likeness (QED) is 0.276. The number of aromatic nitrogens is 2. The predicted molar refractivity (Wildman–Crippen MR) is 114 cm³/mol. The molecule has 30 heavy (non-hydrogen) atoms. The van der Waals surface area contributed by atoms with E-state index in [9.17, 15) is 24.1 Å². The van der Waals surface area contributed by atoms with Crippen LogP contribution in [0.2, 0.25) is 0 Å². The van der Waals surface area contributed by atoms with Gasteiger partial charge in [-0.15, -0.1) is 11.3 Å². The molecule has 1 N–H and O–H groups in total. The van der Waals surface area contributed by atoms with Crippen molar-refractivity contribution in [3.8, 4) is 0 Å². The van der Waals surface area contributed by atoms with Crippen LogP contribution in [0.1, 0.15) is 23.3 Å². The predicted octanol–water partition coefficient (Wildman–Crippen LogP) is 3.65. The van der Waals surface area contributed by atoms with Crippen LogP contribution in [0.4, 0.5) is 15.8 Å². The normalized spacial score (nSPS) is 13.3. The molecule has 0 radical (unpaired) electrons. The van der Waals surface area contributed by atoms with E-state index in [-0.39, 0.29) is 17.0 Å². The van der Waals surface area contributed by atoms with E-state index in [1.165, 1.54) is 20.8 Å². The maximum Gasteiger partial charge on any atom is 0.295 e. The summed E-state index contributed by atoms with van der Waals surface area (Å²) in [5, 5.41) is 14.6. The largest absolute Gasteiger partial charge is 0.320 e. The number of nitrogens with zero attached hydrogens (tertiary/aromatic N) is 3. The number of hydrogen-bond acceptors (Lipinski definition) is 7. The molecule has 156 valence electrons. The summed E-state index contributed by atoms with van der Waals surface area (Å²) in [4.78, 5) is 42.0. The van der Waals surface area contributed by atoms with E-state index in [1.807, 2.05) is 0 Å².